The predicted molar refractivity (Wildman–Crippen MR) is 82.1 cm³/mol. The molecule has 1 aliphatic carbocycles. The van der Waals surface area contributed by atoms with Crippen molar-refractivity contribution in [1.29, 1.82) is 0 Å². The summed E-state index contributed by atoms with van der Waals surface area (Å²) in [5.41, 5.74) is 1.83. The quantitative estimate of drug-likeness (QED) is 0.909. The molecule has 1 heterocycles. The second-order valence-electron chi connectivity index (χ2n) is 6.01. The number of carbonyl (C=O) groups is 1. The van der Waals surface area contributed by atoms with Gasteiger partial charge in [0.15, 0.2) is 9.84 Å². The highest BCUT2D eigenvalue weighted by Crippen LogP contribution is 2.37. The van der Waals surface area contributed by atoms with Gasteiger partial charge in [-0.2, -0.15) is 0 Å². The Morgan fingerprint density at radius 1 is 1.33 bits per heavy atom. The highest BCUT2D eigenvalue weighted by atomic mass is 32.2. The zero-order chi connectivity index (χ0) is 15.0. The maximum absolute atomic E-state index is 12.5. The Bertz CT molecular complexity index is 653. The summed E-state index contributed by atoms with van der Waals surface area (Å²) in [6, 6.07) is 7.27. The molecule has 6 heteroatoms. The van der Waals surface area contributed by atoms with E-state index in [1.54, 1.807) is 4.90 Å². The minimum absolute atomic E-state index is 0.0669. The highest BCUT2D eigenvalue weighted by molar-refractivity contribution is 7.91. The Hall–Kier alpha value is -1.56. The molecular weight excluding hydrogens is 288 g/mol. The van der Waals surface area contributed by atoms with Crippen LogP contribution < -0.4 is 5.32 Å². The number of rotatable bonds is 2. The molecule has 1 saturated carbocycles. The second kappa shape index (κ2) is 5.33. The molecule has 0 spiro atoms. The standard InChI is InChI=1S/C15H20N2O3S/c1-11-3-2-4-13(9-11)16-15(18)17-7-8-21(19,20)10-14(17)12-5-6-12/h2-4,9,12,14H,5-8,10H2,1H3,(H,16,18)/t14-/m0/s1. The van der Waals surface area contributed by atoms with Gasteiger partial charge in [0.2, 0.25) is 0 Å². The fraction of sp³-hybridized carbons (Fsp3) is 0.533. The number of amides is 2. The number of aryl methyl sites for hydroxylation is 1. The molecule has 1 aromatic carbocycles. The van der Waals surface area contributed by atoms with Crippen LogP contribution in [0.3, 0.4) is 0 Å². The van der Waals surface area contributed by atoms with E-state index in [1.807, 2.05) is 31.2 Å². The summed E-state index contributed by atoms with van der Waals surface area (Å²) >= 11 is 0. The molecule has 0 radical (unpaired) electrons. The molecule has 5 nitrogen and oxygen atoms in total. The Kier molecular flexibility index (Phi) is 3.65. The number of benzene rings is 1. The molecule has 3 rings (SSSR count). The summed E-state index contributed by atoms with van der Waals surface area (Å²) in [6.07, 6.45) is 2.04. The molecule has 0 aromatic heterocycles. The molecule has 1 aromatic rings. The van der Waals surface area contributed by atoms with E-state index in [2.05, 4.69) is 5.32 Å². The molecule has 114 valence electrons. The van der Waals surface area contributed by atoms with Gasteiger partial charge in [-0.15, -0.1) is 0 Å². The number of nitrogens with one attached hydrogen (secondary N) is 1. The summed E-state index contributed by atoms with van der Waals surface area (Å²) in [5.74, 6) is 0.527. The van der Waals surface area contributed by atoms with Gasteiger partial charge < -0.3 is 10.2 Å². The monoisotopic (exact) mass is 308 g/mol. The van der Waals surface area contributed by atoms with Crippen molar-refractivity contribution in [3.8, 4) is 0 Å². The molecule has 1 aliphatic heterocycles. The van der Waals surface area contributed by atoms with Crippen molar-refractivity contribution in [2.24, 2.45) is 5.92 Å². The van der Waals surface area contributed by atoms with Gasteiger partial charge in [-0.25, -0.2) is 13.2 Å². The lowest BCUT2D eigenvalue weighted by atomic mass is 10.2. The molecule has 1 atom stereocenters. The molecule has 0 unspecified atom stereocenters. The number of urea groups is 1. The Morgan fingerprint density at radius 2 is 2.10 bits per heavy atom. The van der Waals surface area contributed by atoms with E-state index in [-0.39, 0.29) is 23.6 Å². The Morgan fingerprint density at radius 3 is 2.76 bits per heavy atom. The van der Waals surface area contributed by atoms with E-state index in [9.17, 15) is 13.2 Å². The first kappa shape index (κ1) is 14.4. The van der Waals surface area contributed by atoms with Crippen molar-refractivity contribution in [3.63, 3.8) is 0 Å². The third-order valence-electron chi connectivity index (χ3n) is 4.16. The zero-order valence-corrected chi connectivity index (χ0v) is 12.9. The van der Waals surface area contributed by atoms with Crippen LogP contribution >= 0.6 is 0 Å². The van der Waals surface area contributed by atoms with E-state index >= 15 is 0 Å². The van der Waals surface area contributed by atoms with Crippen molar-refractivity contribution < 1.29 is 13.2 Å². The smallest absolute Gasteiger partial charge is 0.319 e. The normalized spacial score (nSPS) is 24.6. The molecule has 0 bridgehead atoms. The van der Waals surface area contributed by atoms with Crippen LogP contribution in [0.1, 0.15) is 18.4 Å². The summed E-state index contributed by atoms with van der Waals surface area (Å²) in [6.45, 7) is 2.26. The fourth-order valence-electron chi connectivity index (χ4n) is 2.88. The summed E-state index contributed by atoms with van der Waals surface area (Å²) in [5, 5.41) is 2.88. The summed E-state index contributed by atoms with van der Waals surface area (Å²) in [7, 11) is -3.00. The lowest BCUT2D eigenvalue weighted by Gasteiger charge is -2.35. The number of sulfone groups is 1. The topological polar surface area (TPSA) is 66.5 Å². The highest BCUT2D eigenvalue weighted by Gasteiger charge is 2.43. The van der Waals surface area contributed by atoms with Crippen molar-refractivity contribution in [2.75, 3.05) is 23.4 Å². The van der Waals surface area contributed by atoms with Crippen molar-refractivity contribution in [1.82, 2.24) is 4.90 Å². The Balaban J connectivity index is 1.73. The molecular formula is C15H20N2O3S. The molecule has 2 fully saturated rings. The molecule has 21 heavy (non-hydrogen) atoms. The van der Waals surface area contributed by atoms with Gasteiger partial charge in [-0.1, -0.05) is 12.1 Å². The number of anilines is 1. The fourth-order valence-corrected chi connectivity index (χ4v) is 4.49. The summed E-state index contributed by atoms with van der Waals surface area (Å²) in [4.78, 5) is 14.2. The maximum atomic E-state index is 12.5. The van der Waals surface area contributed by atoms with Gasteiger partial charge in [-0.3, -0.25) is 0 Å². The van der Waals surface area contributed by atoms with Gasteiger partial charge in [0.25, 0.3) is 0 Å². The van der Waals surface area contributed by atoms with Gasteiger partial charge >= 0.3 is 6.03 Å². The first-order valence-electron chi connectivity index (χ1n) is 7.29. The molecule has 2 amide bonds. The largest absolute Gasteiger partial charge is 0.322 e. The second-order valence-corrected chi connectivity index (χ2v) is 8.24. The van der Waals surface area contributed by atoms with Gasteiger partial charge in [0, 0.05) is 12.2 Å². The third-order valence-corrected chi connectivity index (χ3v) is 5.82. The van der Waals surface area contributed by atoms with Crippen LogP contribution in [0.5, 0.6) is 0 Å². The molecule has 2 aliphatic rings. The van der Waals surface area contributed by atoms with E-state index in [1.165, 1.54) is 0 Å². The van der Waals surface area contributed by atoms with Crippen LogP contribution in [0.15, 0.2) is 24.3 Å². The number of hydrogen-bond donors (Lipinski definition) is 1. The van der Waals surface area contributed by atoms with Crippen molar-refractivity contribution >= 4 is 21.6 Å². The zero-order valence-electron chi connectivity index (χ0n) is 12.1. The Labute approximate surface area is 125 Å². The average molecular weight is 308 g/mol. The van der Waals surface area contributed by atoms with Gasteiger partial charge in [0.1, 0.15) is 0 Å². The van der Waals surface area contributed by atoms with Crippen LogP contribution in [0.2, 0.25) is 0 Å². The van der Waals surface area contributed by atoms with Crippen LogP contribution in [0.4, 0.5) is 10.5 Å². The molecule has 1 N–H and O–H groups in total. The van der Waals surface area contributed by atoms with Crippen LogP contribution in [-0.4, -0.2) is 43.4 Å². The van der Waals surface area contributed by atoms with E-state index in [0.717, 1.165) is 24.1 Å². The number of nitrogens with zero attached hydrogens (tertiary/aromatic N) is 1. The first-order valence-corrected chi connectivity index (χ1v) is 9.11. The van der Waals surface area contributed by atoms with Crippen LogP contribution in [0, 0.1) is 12.8 Å². The maximum Gasteiger partial charge on any atom is 0.322 e. The van der Waals surface area contributed by atoms with Crippen molar-refractivity contribution in [3.05, 3.63) is 29.8 Å². The first-order chi connectivity index (χ1) is 9.94. The SMILES string of the molecule is Cc1cccc(NC(=O)N2CCS(=O)(=O)C[C@H]2C2CC2)c1. The predicted octanol–water partition coefficient (Wildman–Crippen LogP) is 2.04. The number of carbonyl (C=O) groups excluding carboxylic acids is 1. The number of hydrogen-bond acceptors (Lipinski definition) is 3. The summed E-state index contributed by atoms with van der Waals surface area (Å²) < 4.78 is 23.6. The van der Waals surface area contributed by atoms with E-state index in [4.69, 9.17) is 0 Å². The minimum Gasteiger partial charge on any atom is -0.319 e. The van der Waals surface area contributed by atoms with Crippen molar-refractivity contribution in [2.45, 2.75) is 25.8 Å². The third kappa shape index (κ3) is 3.37. The lowest BCUT2D eigenvalue weighted by Crippen LogP contribution is -2.53. The van der Waals surface area contributed by atoms with Gasteiger partial charge in [-0.05, 0) is 43.4 Å². The molecule has 1 saturated heterocycles. The van der Waals surface area contributed by atoms with E-state index < -0.39 is 9.84 Å². The lowest BCUT2D eigenvalue weighted by molar-refractivity contribution is 0.186. The van der Waals surface area contributed by atoms with Crippen LogP contribution in [0.25, 0.3) is 0 Å². The minimum atomic E-state index is -3.00. The van der Waals surface area contributed by atoms with Crippen LogP contribution in [-0.2, 0) is 9.84 Å². The average Bonchev–Trinajstić information content (AvgIpc) is 3.21. The van der Waals surface area contributed by atoms with E-state index in [0.29, 0.717) is 12.5 Å². The van der Waals surface area contributed by atoms with Gasteiger partial charge in [0.05, 0.1) is 17.5 Å².